The first-order chi connectivity index (χ1) is 7.47. The summed E-state index contributed by atoms with van der Waals surface area (Å²) in [4.78, 5) is 24.2. The molecule has 0 aromatic heterocycles. The van der Waals surface area contributed by atoms with Gasteiger partial charge in [-0.2, -0.15) is 0 Å². The average molecular weight is 230 g/mol. The van der Waals surface area contributed by atoms with Gasteiger partial charge in [-0.15, -0.1) is 0 Å². The van der Waals surface area contributed by atoms with Crippen molar-refractivity contribution in [2.75, 3.05) is 33.4 Å². The van der Waals surface area contributed by atoms with Crippen molar-refractivity contribution in [1.29, 1.82) is 0 Å². The van der Waals surface area contributed by atoms with E-state index in [4.69, 9.17) is 4.74 Å². The van der Waals surface area contributed by atoms with Crippen molar-refractivity contribution < 1.29 is 14.3 Å². The molecule has 0 saturated heterocycles. The monoisotopic (exact) mass is 230 g/mol. The lowest BCUT2D eigenvalue weighted by Gasteiger charge is -2.20. The number of hydrogen-bond acceptors (Lipinski definition) is 3. The lowest BCUT2D eigenvalue weighted by atomic mass is 10.2. The third-order valence-electron chi connectivity index (χ3n) is 2.05. The minimum atomic E-state index is -0.125. The molecule has 0 aromatic carbocycles. The maximum absolute atomic E-state index is 11.5. The molecule has 0 heterocycles. The molecule has 0 aromatic rings. The van der Waals surface area contributed by atoms with E-state index in [0.29, 0.717) is 25.6 Å². The maximum atomic E-state index is 11.5. The molecule has 0 fully saturated rings. The smallest absolute Gasteiger partial charge is 0.239 e. The van der Waals surface area contributed by atoms with E-state index in [9.17, 15) is 9.59 Å². The minimum Gasteiger partial charge on any atom is -0.383 e. The van der Waals surface area contributed by atoms with Crippen LogP contribution in [0.2, 0.25) is 0 Å². The lowest BCUT2D eigenvalue weighted by Crippen LogP contribution is -2.42. The van der Waals surface area contributed by atoms with Crippen molar-refractivity contribution in [1.82, 2.24) is 10.2 Å². The molecule has 94 valence electrons. The zero-order valence-corrected chi connectivity index (χ0v) is 10.6. The topological polar surface area (TPSA) is 58.6 Å². The quantitative estimate of drug-likeness (QED) is 0.682. The number of carbonyl (C=O) groups is 2. The number of carbonyl (C=O) groups excluding carboxylic acids is 2. The zero-order chi connectivity index (χ0) is 12.6. The Morgan fingerprint density at radius 1 is 1.38 bits per heavy atom. The van der Waals surface area contributed by atoms with Gasteiger partial charge in [0.15, 0.2) is 0 Å². The van der Waals surface area contributed by atoms with Crippen LogP contribution in [0.25, 0.3) is 0 Å². The van der Waals surface area contributed by atoms with Crippen molar-refractivity contribution in [3.05, 3.63) is 0 Å². The predicted molar refractivity (Wildman–Crippen MR) is 62.0 cm³/mol. The third-order valence-corrected chi connectivity index (χ3v) is 2.05. The molecule has 0 unspecified atom stereocenters. The van der Waals surface area contributed by atoms with Crippen molar-refractivity contribution >= 4 is 11.8 Å². The van der Waals surface area contributed by atoms with Crippen LogP contribution in [-0.4, -0.2) is 50.1 Å². The number of methoxy groups -OCH3 is 1. The Labute approximate surface area is 97.1 Å². The molecule has 0 saturated carbocycles. The van der Waals surface area contributed by atoms with Crippen LogP contribution in [0.1, 0.15) is 20.8 Å². The number of nitrogens with one attached hydrogen (secondary N) is 1. The number of rotatable bonds is 7. The highest BCUT2D eigenvalue weighted by molar-refractivity contribution is 5.83. The SMILES string of the molecule is COCCN(CC(=O)NCC(C)C)C(C)=O. The van der Waals surface area contributed by atoms with Gasteiger partial charge in [-0.3, -0.25) is 9.59 Å². The second-order valence-electron chi connectivity index (χ2n) is 4.13. The zero-order valence-electron chi connectivity index (χ0n) is 10.6. The average Bonchev–Trinajstić information content (AvgIpc) is 2.20. The highest BCUT2D eigenvalue weighted by Crippen LogP contribution is 1.91. The molecule has 0 aliphatic heterocycles. The molecule has 0 spiro atoms. The summed E-state index contributed by atoms with van der Waals surface area (Å²) in [5.41, 5.74) is 0. The number of nitrogens with zero attached hydrogens (tertiary/aromatic N) is 1. The summed E-state index contributed by atoms with van der Waals surface area (Å²) < 4.78 is 4.88. The Morgan fingerprint density at radius 3 is 2.44 bits per heavy atom. The van der Waals surface area contributed by atoms with Gasteiger partial charge in [-0.05, 0) is 5.92 Å². The van der Waals surface area contributed by atoms with Gasteiger partial charge in [0.2, 0.25) is 11.8 Å². The molecule has 0 bridgehead atoms. The highest BCUT2D eigenvalue weighted by Gasteiger charge is 2.12. The summed E-state index contributed by atoms with van der Waals surface area (Å²) in [5.74, 6) is 0.172. The van der Waals surface area contributed by atoms with Crippen molar-refractivity contribution in [2.24, 2.45) is 5.92 Å². The molecule has 5 nitrogen and oxygen atoms in total. The van der Waals surface area contributed by atoms with Gasteiger partial charge in [0, 0.05) is 27.1 Å². The van der Waals surface area contributed by atoms with Crippen LogP contribution < -0.4 is 5.32 Å². The van der Waals surface area contributed by atoms with Crippen molar-refractivity contribution in [3.8, 4) is 0 Å². The second-order valence-corrected chi connectivity index (χ2v) is 4.13. The van der Waals surface area contributed by atoms with E-state index >= 15 is 0 Å². The first-order valence-electron chi connectivity index (χ1n) is 5.48. The summed E-state index contributed by atoms with van der Waals surface area (Å²) >= 11 is 0. The standard InChI is InChI=1S/C11H22N2O3/c1-9(2)7-12-11(15)8-13(10(3)14)5-6-16-4/h9H,5-8H2,1-4H3,(H,12,15). The van der Waals surface area contributed by atoms with Gasteiger partial charge in [0.1, 0.15) is 0 Å². The van der Waals surface area contributed by atoms with Gasteiger partial charge < -0.3 is 15.0 Å². The number of amides is 2. The van der Waals surface area contributed by atoms with E-state index in [1.807, 2.05) is 13.8 Å². The van der Waals surface area contributed by atoms with E-state index < -0.39 is 0 Å². The fraction of sp³-hybridized carbons (Fsp3) is 0.818. The van der Waals surface area contributed by atoms with Crippen LogP contribution in [0.15, 0.2) is 0 Å². The van der Waals surface area contributed by atoms with Crippen molar-refractivity contribution in [3.63, 3.8) is 0 Å². The third kappa shape index (κ3) is 7.23. The second kappa shape index (κ2) is 8.10. The molecule has 0 radical (unpaired) electrons. The lowest BCUT2D eigenvalue weighted by molar-refractivity contribution is -0.134. The first-order valence-corrected chi connectivity index (χ1v) is 5.48. The normalized spacial score (nSPS) is 10.3. The van der Waals surface area contributed by atoms with Gasteiger partial charge in [0.05, 0.1) is 13.2 Å². The molecule has 16 heavy (non-hydrogen) atoms. The fourth-order valence-corrected chi connectivity index (χ4v) is 1.10. The van der Waals surface area contributed by atoms with Crippen LogP contribution >= 0.6 is 0 Å². The molecule has 2 amide bonds. The molecule has 5 heteroatoms. The van der Waals surface area contributed by atoms with Crippen LogP contribution in [-0.2, 0) is 14.3 Å². The Morgan fingerprint density at radius 2 is 2.00 bits per heavy atom. The van der Waals surface area contributed by atoms with E-state index in [0.717, 1.165) is 0 Å². The van der Waals surface area contributed by atoms with E-state index in [1.54, 1.807) is 7.11 Å². The van der Waals surface area contributed by atoms with E-state index in [1.165, 1.54) is 11.8 Å². The molecule has 0 aliphatic carbocycles. The first kappa shape index (κ1) is 14.9. The van der Waals surface area contributed by atoms with Gasteiger partial charge in [-0.25, -0.2) is 0 Å². The molecule has 0 rings (SSSR count). The summed E-state index contributed by atoms with van der Waals surface area (Å²) in [6, 6.07) is 0. The predicted octanol–water partition coefficient (Wildman–Crippen LogP) is 0.254. The Hall–Kier alpha value is -1.10. The van der Waals surface area contributed by atoms with Gasteiger partial charge in [-0.1, -0.05) is 13.8 Å². The Bertz CT molecular complexity index is 229. The van der Waals surface area contributed by atoms with E-state index in [2.05, 4.69) is 5.32 Å². The number of hydrogen-bond donors (Lipinski definition) is 1. The molecule has 0 aliphatic rings. The maximum Gasteiger partial charge on any atom is 0.239 e. The van der Waals surface area contributed by atoms with Crippen LogP contribution in [0.4, 0.5) is 0 Å². The molecule has 1 N–H and O–H groups in total. The van der Waals surface area contributed by atoms with Gasteiger partial charge in [0.25, 0.3) is 0 Å². The number of ether oxygens (including phenoxy) is 1. The minimum absolute atomic E-state index is 0.103. The Kier molecular flexibility index (Phi) is 7.54. The van der Waals surface area contributed by atoms with Gasteiger partial charge >= 0.3 is 0 Å². The van der Waals surface area contributed by atoms with Crippen LogP contribution in [0.3, 0.4) is 0 Å². The largest absolute Gasteiger partial charge is 0.383 e. The van der Waals surface area contributed by atoms with Crippen LogP contribution in [0.5, 0.6) is 0 Å². The molecule has 0 atom stereocenters. The summed E-state index contributed by atoms with van der Waals surface area (Å²) in [5, 5.41) is 2.77. The Balaban J connectivity index is 3.98. The van der Waals surface area contributed by atoms with E-state index in [-0.39, 0.29) is 18.4 Å². The molecular weight excluding hydrogens is 208 g/mol. The summed E-state index contributed by atoms with van der Waals surface area (Å²) in [7, 11) is 1.57. The van der Waals surface area contributed by atoms with Crippen LogP contribution in [0, 0.1) is 5.92 Å². The highest BCUT2D eigenvalue weighted by atomic mass is 16.5. The summed E-state index contributed by atoms with van der Waals surface area (Å²) in [6.07, 6.45) is 0. The molecular formula is C11H22N2O3. The fourth-order valence-electron chi connectivity index (χ4n) is 1.10. The van der Waals surface area contributed by atoms with Crippen molar-refractivity contribution in [2.45, 2.75) is 20.8 Å². The summed E-state index contributed by atoms with van der Waals surface area (Å²) in [6.45, 7) is 7.12.